The lowest BCUT2D eigenvalue weighted by atomic mass is 10.2. The predicted octanol–water partition coefficient (Wildman–Crippen LogP) is 0.127. The second kappa shape index (κ2) is 19.6. The van der Waals surface area contributed by atoms with Crippen molar-refractivity contribution in [2.24, 2.45) is 0 Å². The van der Waals surface area contributed by atoms with Crippen LogP contribution in [-0.2, 0) is 41.5 Å². The normalized spacial score (nSPS) is 13.2. The monoisotopic (exact) mass is 622 g/mol. The number of quaternary nitrogens is 2. The van der Waals surface area contributed by atoms with Crippen LogP contribution in [-0.4, -0.2) is 148 Å². The second-order valence-corrected chi connectivity index (χ2v) is 18.4. The van der Waals surface area contributed by atoms with Gasteiger partial charge < -0.3 is 50.0 Å². The number of carboxylic acids is 1. The maximum absolute atomic E-state index is 10.6. The Kier molecular flexibility index (Phi) is 20.4. The van der Waals surface area contributed by atoms with E-state index in [0.29, 0.717) is 29.9 Å². The minimum atomic E-state index is -4.12. The first-order valence-corrected chi connectivity index (χ1v) is 18.4. The molecule has 236 valence electrons. The standard InChI is InChI=1S/C12H27NO5Si.C11H27NO6SSi/c1-13(2,9-6-8-12(14)15)10-7-11-19(16-3,17-4)18-5;1-12(2,8-6-10-19(13,14)15)9-7-11-20(16-3,17-4)18-5/h6-11H2,1-5H3;6-11H2,1-5H3. The molecule has 0 aromatic carbocycles. The van der Waals surface area contributed by atoms with E-state index >= 15 is 0 Å². The molecule has 0 aliphatic heterocycles. The van der Waals surface area contributed by atoms with Crippen molar-refractivity contribution >= 4 is 33.7 Å². The molecule has 0 spiro atoms. The van der Waals surface area contributed by atoms with Gasteiger partial charge in [0.15, 0.2) is 0 Å². The molecule has 0 aliphatic rings. The molecule has 0 aromatic rings. The van der Waals surface area contributed by atoms with Crippen LogP contribution in [0.4, 0.5) is 0 Å². The van der Waals surface area contributed by atoms with Gasteiger partial charge in [-0.1, -0.05) is 0 Å². The van der Waals surface area contributed by atoms with Crippen molar-refractivity contribution in [1.29, 1.82) is 0 Å². The van der Waals surface area contributed by atoms with Crippen molar-refractivity contribution in [2.45, 2.75) is 44.2 Å². The molecule has 0 aromatic heterocycles. The van der Waals surface area contributed by atoms with Crippen molar-refractivity contribution < 1.29 is 58.4 Å². The molecule has 0 aliphatic carbocycles. The lowest BCUT2D eigenvalue weighted by Gasteiger charge is -2.31. The van der Waals surface area contributed by atoms with Crippen LogP contribution in [0.15, 0.2) is 0 Å². The molecule has 0 fully saturated rings. The molecule has 0 amide bonds. The molecule has 0 heterocycles. The number of nitrogens with zero attached hydrogens (tertiary/aromatic N) is 2. The van der Waals surface area contributed by atoms with Gasteiger partial charge >= 0.3 is 17.6 Å². The first-order valence-electron chi connectivity index (χ1n) is 13.0. The van der Waals surface area contributed by atoms with Gasteiger partial charge in [0, 0.05) is 92.2 Å². The van der Waals surface area contributed by atoms with E-state index in [0.717, 1.165) is 43.0 Å². The van der Waals surface area contributed by atoms with Crippen LogP contribution in [0.25, 0.3) is 0 Å². The first kappa shape index (κ1) is 40.6. The molecule has 39 heavy (non-hydrogen) atoms. The minimum absolute atomic E-state index is 0.120. The topological polar surface area (TPSA) is 153 Å². The molecule has 0 bridgehead atoms. The second-order valence-electron chi connectivity index (χ2n) is 10.7. The Morgan fingerprint density at radius 1 is 0.641 bits per heavy atom. The largest absolute Gasteiger partial charge is 0.748 e. The molecule has 0 N–H and O–H groups in total. The fraction of sp³-hybridized carbons (Fsp3) is 0.957. The quantitative estimate of drug-likeness (QED) is 0.0920. The summed E-state index contributed by atoms with van der Waals surface area (Å²) in [7, 11) is 8.64. The minimum Gasteiger partial charge on any atom is -0.748 e. The SMILES string of the molecule is CO[Si](CCC[N+](C)(C)CCCC(=O)[O-])(OC)OC.CO[Si](CCC[N+](C)(C)CCCS(=O)(=O)[O-])(OC)OC. The highest BCUT2D eigenvalue weighted by atomic mass is 32.2. The number of rotatable bonds is 22. The van der Waals surface area contributed by atoms with Gasteiger partial charge in [-0.15, -0.1) is 0 Å². The van der Waals surface area contributed by atoms with Crippen LogP contribution in [0.3, 0.4) is 0 Å². The number of carboxylic acid groups (broad SMARTS) is 1. The Labute approximate surface area is 238 Å². The lowest BCUT2D eigenvalue weighted by Crippen LogP contribution is -2.46. The maximum atomic E-state index is 10.6. The van der Waals surface area contributed by atoms with Crippen molar-refractivity contribution in [3.63, 3.8) is 0 Å². The average molecular weight is 623 g/mol. The maximum Gasteiger partial charge on any atom is 0.500 e. The first-order chi connectivity index (χ1) is 17.9. The Bertz CT molecular complexity index is 747. The number of carbonyl (C=O) groups is 1. The van der Waals surface area contributed by atoms with Crippen molar-refractivity contribution in [1.82, 2.24) is 0 Å². The van der Waals surface area contributed by atoms with E-state index in [1.807, 2.05) is 14.1 Å². The summed E-state index contributed by atoms with van der Waals surface area (Å²) in [4.78, 5) is 10.4. The van der Waals surface area contributed by atoms with Gasteiger partial charge in [-0.2, -0.15) is 0 Å². The van der Waals surface area contributed by atoms with Crippen LogP contribution in [0.2, 0.25) is 12.1 Å². The molecule has 16 heteroatoms. The Hall–Kier alpha value is -0.506. The molecule has 13 nitrogen and oxygen atoms in total. The zero-order chi connectivity index (χ0) is 30.8. The Morgan fingerprint density at radius 2 is 0.949 bits per heavy atom. The van der Waals surface area contributed by atoms with Crippen LogP contribution >= 0.6 is 0 Å². The summed E-state index contributed by atoms with van der Waals surface area (Å²) in [5, 5.41) is 10.4. The predicted molar refractivity (Wildman–Crippen MR) is 150 cm³/mol. The zero-order valence-corrected chi connectivity index (χ0v) is 28.6. The third kappa shape index (κ3) is 20.1. The van der Waals surface area contributed by atoms with Crippen LogP contribution in [0.1, 0.15) is 32.1 Å². The molecular weight excluding hydrogens is 568 g/mol. The molecular formula is C23H54N2O11SSi2. The molecule has 0 rings (SSSR count). The third-order valence-electron chi connectivity index (χ3n) is 6.66. The Morgan fingerprint density at radius 3 is 1.23 bits per heavy atom. The lowest BCUT2D eigenvalue weighted by molar-refractivity contribution is -0.890. The zero-order valence-electron chi connectivity index (χ0n) is 25.8. The summed E-state index contributed by atoms with van der Waals surface area (Å²) in [6.07, 6.45) is 2.89. The van der Waals surface area contributed by atoms with E-state index in [-0.39, 0.29) is 12.2 Å². The highest BCUT2D eigenvalue weighted by Gasteiger charge is 2.38. The third-order valence-corrected chi connectivity index (χ3v) is 13.1. The molecule has 0 saturated carbocycles. The average Bonchev–Trinajstić information content (AvgIpc) is 2.84. The smallest absolute Gasteiger partial charge is 0.500 e. The highest BCUT2D eigenvalue weighted by molar-refractivity contribution is 7.85. The van der Waals surface area contributed by atoms with E-state index in [1.54, 1.807) is 42.7 Å². The van der Waals surface area contributed by atoms with Crippen molar-refractivity contribution in [3.05, 3.63) is 0 Å². The molecule has 0 atom stereocenters. The summed E-state index contributed by atoms with van der Waals surface area (Å²) in [6.45, 7) is 3.22. The summed E-state index contributed by atoms with van der Waals surface area (Å²) >= 11 is 0. The van der Waals surface area contributed by atoms with Crippen molar-refractivity contribution in [3.8, 4) is 0 Å². The highest BCUT2D eigenvalue weighted by Crippen LogP contribution is 2.17. The van der Waals surface area contributed by atoms with E-state index in [4.69, 9.17) is 26.6 Å². The summed E-state index contributed by atoms with van der Waals surface area (Å²) in [6, 6.07) is 1.47. The molecule has 0 radical (unpaired) electrons. The van der Waals surface area contributed by atoms with Gasteiger partial charge in [0.1, 0.15) is 0 Å². The van der Waals surface area contributed by atoms with Gasteiger partial charge in [0.05, 0.1) is 64.5 Å². The number of carbonyl (C=O) groups excluding carboxylic acids is 1. The van der Waals surface area contributed by atoms with E-state index in [9.17, 15) is 22.9 Å². The van der Waals surface area contributed by atoms with E-state index < -0.39 is 33.7 Å². The fourth-order valence-electron chi connectivity index (χ4n) is 4.10. The van der Waals surface area contributed by atoms with Crippen LogP contribution in [0.5, 0.6) is 0 Å². The summed E-state index contributed by atoms with van der Waals surface area (Å²) in [5.74, 6) is -1.29. The fourth-order valence-corrected chi connectivity index (χ4v) is 7.99. The van der Waals surface area contributed by atoms with Gasteiger partial charge in [0.25, 0.3) is 0 Å². The summed E-state index contributed by atoms with van der Waals surface area (Å²) < 4.78 is 65.3. The van der Waals surface area contributed by atoms with E-state index in [1.165, 1.54) is 0 Å². The van der Waals surface area contributed by atoms with Gasteiger partial charge in [-0.05, 0) is 6.42 Å². The number of hydrogen-bond acceptors (Lipinski definition) is 11. The molecule has 0 unspecified atom stereocenters. The molecule has 0 saturated heterocycles. The van der Waals surface area contributed by atoms with Crippen molar-refractivity contribution in [2.75, 3.05) is 103 Å². The Balaban J connectivity index is 0. The van der Waals surface area contributed by atoms with Gasteiger partial charge in [-0.25, -0.2) is 8.42 Å². The summed E-state index contributed by atoms with van der Waals surface area (Å²) in [5.41, 5.74) is 0. The van der Waals surface area contributed by atoms with E-state index in [2.05, 4.69) is 14.1 Å². The number of hydrogen-bond donors (Lipinski definition) is 0. The van der Waals surface area contributed by atoms with Crippen LogP contribution < -0.4 is 5.11 Å². The van der Waals surface area contributed by atoms with Gasteiger partial charge in [0.2, 0.25) is 0 Å². The van der Waals surface area contributed by atoms with Crippen LogP contribution in [0, 0.1) is 0 Å². The van der Waals surface area contributed by atoms with Gasteiger partial charge in [-0.3, -0.25) is 0 Å². The number of aliphatic carboxylic acids is 1.